The second-order valence-electron chi connectivity index (χ2n) is 3.99. The zero-order valence-electron chi connectivity index (χ0n) is 9.39. The van der Waals surface area contributed by atoms with Gasteiger partial charge in [0.2, 0.25) is 0 Å². The molecule has 92 valence electrons. The molecular weight excluding hydrogens is 286 g/mol. The van der Waals surface area contributed by atoms with E-state index in [1.807, 2.05) is 10.6 Å². The summed E-state index contributed by atoms with van der Waals surface area (Å²) in [5, 5.41) is 4.86. The summed E-state index contributed by atoms with van der Waals surface area (Å²) in [5.41, 5.74) is 3.07. The first-order valence-electron chi connectivity index (χ1n) is 5.49. The number of pyridine rings is 1. The second-order valence-corrected chi connectivity index (χ2v) is 5.59. The lowest BCUT2D eigenvalue weighted by molar-refractivity contribution is 0.702. The van der Waals surface area contributed by atoms with Crippen LogP contribution in [0.15, 0.2) is 29.1 Å². The number of thiophene rings is 1. The average molecular weight is 296 g/mol. The van der Waals surface area contributed by atoms with Crippen LogP contribution in [0.25, 0.3) is 11.2 Å². The Morgan fingerprint density at radius 1 is 1.50 bits per heavy atom. The van der Waals surface area contributed by atoms with Crippen LogP contribution in [-0.4, -0.2) is 14.5 Å². The van der Waals surface area contributed by atoms with Gasteiger partial charge in [-0.2, -0.15) is 11.3 Å². The SMILES string of the molecule is S=c1[nH]c2cc(Cl)cnc2n1CCc1ccsc1. The molecule has 0 aromatic carbocycles. The first kappa shape index (κ1) is 11.9. The highest BCUT2D eigenvalue weighted by Crippen LogP contribution is 2.17. The summed E-state index contributed by atoms with van der Waals surface area (Å²) in [5.74, 6) is 0. The molecule has 0 fully saturated rings. The van der Waals surface area contributed by atoms with Crippen molar-refractivity contribution in [2.45, 2.75) is 13.0 Å². The van der Waals surface area contributed by atoms with Crippen molar-refractivity contribution in [3.05, 3.63) is 44.4 Å². The number of rotatable bonds is 3. The summed E-state index contributed by atoms with van der Waals surface area (Å²) in [4.78, 5) is 7.47. The van der Waals surface area contributed by atoms with E-state index in [1.165, 1.54) is 5.56 Å². The van der Waals surface area contributed by atoms with Crippen molar-refractivity contribution < 1.29 is 0 Å². The van der Waals surface area contributed by atoms with Gasteiger partial charge < -0.3 is 9.55 Å². The number of nitrogens with zero attached hydrogens (tertiary/aromatic N) is 2. The molecule has 0 aliphatic rings. The summed E-state index contributed by atoms with van der Waals surface area (Å²) >= 11 is 12.9. The van der Waals surface area contributed by atoms with Crippen LogP contribution in [0.1, 0.15) is 5.56 Å². The van der Waals surface area contributed by atoms with Gasteiger partial charge in [0.1, 0.15) is 0 Å². The third kappa shape index (κ3) is 2.21. The number of nitrogens with one attached hydrogen (secondary N) is 1. The van der Waals surface area contributed by atoms with Crippen molar-refractivity contribution in [2.75, 3.05) is 0 Å². The van der Waals surface area contributed by atoms with Gasteiger partial charge >= 0.3 is 0 Å². The van der Waals surface area contributed by atoms with E-state index < -0.39 is 0 Å². The quantitative estimate of drug-likeness (QED) is 0.740. The standard InChI is InChI=1S/C12H10ClN3S2/c13-9-5-10-11(14-6-9)16(12(17)15-10)3-1-8-2-4-18-7-8/h2,4-7H,1,3H2,(H,15,17). The Morgan fingerprint density at radius 3 is 3.17 bits per heavy atom. The highest BCUT2D eigenvalue weighted by molar-refractivity contribution is 7.71. The van der Waals surface area contributed by atoms with Crippen molar-refractivity contribution in [3.63, 3.8) is 0 Å². The molecule has 1 N–H and O–H groups in total. The number of fused-ring (bicyclic) bond motifs is 1. The zero-order valence-corrected chi connectivity index (χ0v) is 11.8. The predicted octanol–water partition coefficient (Wildman–Crippen LogP) is 4.05. The van der Waals surface area contributed by atoms with Crippen molar-refractivity contribution in [1.82, 2.24) is 14.5 Å². The van der Waals surface area contributed by atoms with Crippen LogP contribution in [0.5, 0.6) is 0 Å². The van der Waals surface area contributed by atoms with Crippen LogP contribution in [0.4, 0.5) is 0 Å². The summed E-state index contributed by atoms with van der Waals surface area (Å²) in [6.45, 7) is 0.824. The number of aromatic nitrogens is 3. The molecule has 3 aromatic heterocycles. The molecule has 3 aromatic rings. The van der Waals surface area contributed by atoms with Gasteiger partial charge in [-0.25, -0.2) is 4.98 Å². The molecule has 0 atom stereocenters. The molecule has 0 aliphatic carbocycles. The molecule has 0 saturated heterocycles. The molecule has 0 bridgehead atoms. The van der Waals surface area contributed by atoms with Crippen LogP contribution >= 0.6 is 35.2 Å². The van der Waals surface area contributed by atoms with E-state index in [1.54, 1.807) is 17.5 Å². The normalized spacial score (nSPS) is 11.2. The summed E-state index contributed by atoms with van der Waals surface area (Å²) in [6.07, 6.45) is 2.60. The zero-order chi connectivity index (χ0) is 12.5. The van der Waals surface area contributed by atoms with Gasteiger partial charge in [0.05, 0.1) is 10.5 Å². The molecule has 3 nitrogen and oxygen atoms in total. The summed E-state index contributed by atoms with van der Waals surface area (Å²) in [7, 11) is 0. The Hall–Kier alpha value is -1.17. The van der Waals surface area contributed by atoms with Crippen LogP contribution in [-0.2, 0) is 13.0 Å². The minimum absolute atomic E-state index is 0.615. The van der Waals surface area contributed by atoms with E-state index in [-0.39, 0.29) is 0 Å². The Kier molecular flexibility index (Phi) is 3.20. The molecule has 3 heterocycles. The maximum absolute atomic E-state index is 5.91. The Labute approximate surface area is 118 Å². The minimum atomic E-state index is 0.615. The number of aromatic amines is 1. The molecule has 6 heteroatoms. The van der Waals surface area contributed by atoms with E-state index in [4.69, 9.17) is 23.8 Å². The Bertz CT molecular complexity index is 727. The van der Waals surface area contributed by atoms with Crippen LogP contribution in [0.2, 0.25) is 5.02 Å². The molecule has 3 rings (SSSR count). The van der Waals surface area contributed by atoms with Gasteiger partial charge in [-0.1, -0.05) is 11.6 Å². The second kappa shape index (κ2) is 4.84. The fourth-order valence-electron chi connectivity index (χ4n) is 1.90. The summed E-state index contributed by atoms with van der Waals surface area (Å²) < 4.78 is 2.70. The van der Waals surface area contributed by atoms with Gasteiger partial charge in [-0.15, -0.1) is 0 Å². The molecule has 0 radical (unpaired) electrons. The largest absolute Gasteiger partial charge is 0.329 e. The van der Waals surface area contributed by atoms with Gasteiger partial charge in [-0.05, 0) is 47.1 Å². The highest BCUT2D eigenvalue weighted by Gasteiger charge is 2.06. The third-order valence-corrected chi connectivity index (χ3v) is 4.04. The van der Waals surface area contributed by atoms with E-state index >= 15 is 0 Å². The van der Waals surface area contributed by atoms with Crippen LogP contribution in [0, 0.1) is 4.77 Å². The first-order valence-corrected chi connectivity index (χ1v) is 7.22. The smallest absolute Gasteiger partial charge is 0.179 e. The van der Waals surface area contributed by atoms with Gasteiger partial charge in [-0.3, -0.25) is 0 Å². The number of H-pyrrole nitrogens is 1. The van der Waals surface area contributed by atoms with Crippen molar-refractivity contribution in [2.24, 2.45) is 0 Å². The molecule has 0 aliphatic heterocycles. The molecule has 0 amide bonds. The lowest BCUT2D eigenvalue weighted by Crippen LogP contribution is -2.01. The number of hydrogen-bond donors (Lipinski definition) is 1. The first-order chi connectivity index (χ1) is 8.74. The van der Waals surface area contributed by atoms with E-state index in [0.717, 1.165) is 24.1 Å². The van der Waals surface area contributed by atoms with E-state index in [0.29, 0.717) is 9.79 Å². The molecule has 0 saturated carbocycles. The lowest BCUT2D eigenvalue weighted by Gasteiger charge is -2.02. The topological polar surface area (TPSA) is 33.6 Å². The average Bonchev–Trinajstić information content (AvgIpc) is 2.93. The maximum atomic E-state index is 5.91. The maximum Gasteiger partial charge on any atom is 0.179 e. The minimum Gasteiger partial charge on any atom is -0.329 e. The Balaban J connectivity index is 1.96. The van der Waals surface area contributed by atoms with Crippen LogP contribution in [0.3, 0.4) is 0 Å². The number of imidazole rings is 1. The van der Waals surface area contributed by atoms with E-state index in [9.17, 15) is 0 Å². The highest BCUT2D eigenvalue weighted by atomic mass is 35.5. The van der Waals surface area contributed by atoms with Crippen LogP contribution < -0.4 is 0 Å². The molecule has 0 spiro atoms. The van der Waals surface area contributed by atoms with Crippen molar-refractivity contribution >= 4 is 46.3 Å². The fraction of sp³-hybridized carbons (Fsp3) is 0.167. The number of aryl methyl sites for hydroxylation is 2. The van der Waals surface area contributed by atoms with E-state index in [2.05, 4.69) is 26.8 Å². The van der Waals surface area contributed by atoms with Gasteiger partial charge in [0.15, 0.2) is 10.4 Å². The molecule has 0 unspecified atom stereocenters. The fourth-order valence-corrected chi connectivity index (χ4v) is 3.05. The van der Waals surface area contributed by atoms with Crippen molar-refractivity contribution in [3.8, 4) is 0 Å². The summed E-state index contributed by atoms with van der Waals surface area (Å²) in [6, 6.07) is 3.98. The predicted molar refractivity (Wildman–Crippen MR) is 78.0 cm³/mol. The monoisotopic (exact) mass is 295 g/mol. The molecular formula is C12H10ClN3S2. The Morgan fingerprint density at radius 2 is 2.39 bits per heavy atom. The number of hydrogen-bond acceptors (Lipinski definition) is 3. The van der Waals surface area contributed by atoms with Gasteiger partial charge in [0, 0.05) is 12.7 Å². The number of halogens is 1. The van der Waals surface area contributed by atoms with Gasteiger partial charge in [0.25, 0.3) is 0 Å². The van der Waals surface area contributed by atoms with Crippen molar-refractivity contribution in [1.29, 1.82) is 0 Å². The molecule has 18 heavy (non-hydrogen) atoms. The lowest BCUT2D eigenvalue weighted by atomic mass is 10.2. The third-order valence-electron chi connectivity index (χ3n) is 2.78.